The van der Waals surface area contributed by atoms with E-state index in [0.29, 0.717) is 6.54 Å². The number of imidazole rings is 1. The van der Waals surface area contributed by atoms with Crippen LogP contribution in [0.15, 0.2) is 61.4 Å². The lowest BCUT2D eigenvalue weighted by atomic mass is 9.92. The Labute approximate surface area is 246 Å². The molecule has 42 heavy (non-hydrogen) atoms. The van der Waals surface area contributed by atoms with E-state index in [-0.39, 0.29) is 12.3 Å². The van der Waals surface area contributed by atoms with Gasteiger partial charge >= 0.3 is 0 Å². The molecule has 6 aromatic rings. The van der Waals surface area contributed by atoms with Gasteiger partial charge in [0, 0.05) is 52.2 Å². The predicted molar refractivity (Wildman–Crippen MR) is 161 cm³/mol. The molecule has 3 N–H and O–H groups in total. The summed E-state index contributed by atoms with van der Waals surface area (Å²) in [5.74, 6) is -0.412. The first-order chi connectivity index (χ1) is 20.6. The number of benzene rings is 1. The van der Waals surface area contributed by atoms with E-state index in [1.54, 1.807) is 12.3 Å². The van der Waals surface area contributed by atoms with Gasteiger partial charge in [-0.1, -0.05) is 6.07 Å². The van der Waals surface area contributed by atoms with Gasteiger partial charge in [-0.2, -0.15) is 14.6 Å². The molecule has 4 aromatic heterocycles. The Bertz CT molecular complexity index is 1900. The average Bonchev–Trinajstić information content (AvgIpc) is 3.77. The molecule has 9 nitrogen and oxygen atoms in total. The second kappa shape index (κ2) is 10.0. The van der Waals surface area contributed by atoms with E-state index in [1.165, 1.54) is 38.3 Å². The molecule has 8 rings (SSSR count). The molecule has 1 aliphatic heterocycles. The number of hydrogen-bond acceptors (Lipinski definition) is 7. The van der Waals surface area contributed by atoms with Gasteiger partial charge in [0.15, 0.2) is 5.82 Å². The number of anilines is 2. The Morgan fingerprint density at radius 1 is 1.21 bits per heavy atom. The standard InChI is InChI=1S/C31H28FN9S/c1-19-35-30(37-23-5-8-27-21(14-23)15-34-41(27)16-20-3-2-4-22(32)13-20)28-24-6-7-26-25(29(24)42-31(28)36-19)17-40(38-26)12-11-39-10-9-33-18-39/h3,5,8-10,13-15,17-19,30,35-37H,6-7,11-12,16H2,1H3. The Hall–Kier alpha value is -4.66. The summed E-state index contributed by atoms with van der Waals surface area (Å²) in [6.07, 6.45) is 11.7. The van der Waals surface area contributed by atoms with Crippen LogP contribution in [-0.2, 0) is 32.5 Å². The Morgan fingerprint density at radius 2 is 2.17 bits per heavy atom. The van der Waals surface area contributed by atoms with E-state index in [2.05, 4.69) is 78.7 Å². The highest BCUT2D eigenvalue weighted by atomic mass is 32.1. The molecule has 0 saturated carbocycles. The minimum absolute atomic E-state index is 0.0411. The van der Waals surface area contributed by atoms with Crippen LogP contribution in [0.3, 0.4) is 0 Å². The highest BCUT2D eigenvalue weighted by Gasteiger charge is 2.34. The summed E-state index contributed by atoms with van der Waals surface area (Å²) in [5.41, 5.74) is 7.90. The van der Waals surface area contributed by atoms with Gasteiger partial charge in [-0.25, -0.2) is 4.98 Å². The molecular formula is C31H28FN9S. The van der Waals surface area contributed by atoms with Crippen LogP contribution in [0.25, 0.3) is 21.3 Å². The normalized spacial score (nSPS) is 17.3. The first kappa shape index (κ1) is 25.1. The summed E-state index contributed by atoms with van der Waals surface area (Å²) in [7, 11) is 0. The lowest BCUT2D eigenvalue weighted by Gasteiger charge is -2.33. The van der Waals surface area contributed by atoms with Crippen molar-refractivity contribution in [3.8, 4) is 10.4 Å². The number of rotatable bonds is 7. The molecule has 0 amide bonds. The molecule has 2 aliphatic rings. The van der Waals surface area contributed by atoms with Crippen LogP contribution in [0.4, 0.5) is 15.1 Å². The van der Waals surface area contributed by atoms with E-state index in [9.17, 15) is 4.39 Å². The summed E-state index contributed by atoms with van der Waals surface area (Å²) in [4.78, 5) is 5.46. The summed E-state index contributed by atoms with van der Waals surface area (Å²) in [5, 5.41) is 22.8. The molecule has 1 aliphatic carbocycles. The smallest absolute Gasteiger partial charge is 0.173 e. The molecule has 0 saturated heterocycles. The fraction of sp³-hybridized carbons (Fsp3) is 0.258. The van der Waals surface area contributed by atoms with Gasteiger partial charge in [0.2, 0.25) is 0 Å². The van der Waals surface area contributed by atoms with Crippen molar-refractivity contribution in [1.29, 1.82) is 0 Å². The maximum absolute atomic E-state index is 13.6. The van der Waals surface area contributed by atoms with Crippen LogP contribution in [0, 0.1) is 17.9 Å². The Kier molecular flexibility index (Phi) is 5.98. The van der Waals surface area contributed by atoms with E-state index < -0.39 is 5.82 Å². The summed E-state index contributed by atoms with van der Waals surface area (Å²) < 4.78 is 19.6. The van der Waals surface area contributed by atoms with Crippen molar-refractivity contribution >= 4 is 32.9 Å². The van der Waals surface area contributed by atoms with Crippen molar-refractivity contribution in [2.75, 3.05) is 10.6 Å². The molecular weight excluding hydrogens is 549 g/mol. The molecule has 0 bridgehead atoms. The molecule has 0 radical (unpaired) electrons. The van der Waals surface area contributed by atoms with Crippen LogP contribution in [0.5, 0.6) is 0 Å². The van der Waals surface area contributed by atoms with E-state index in [0.717, 1.165) is 48.1 Å². The van der Waals surface area contributed by atoms with Crippen LogP contribution >= 0.6 is 11.3 Å². The lowest BCUT2D eigenvalue weighted by Crippen LogP contribution is -2.43. The maximum atomic E-state index is 13.6. The predicted octanol–water partition coefficient (Wildman–Crippen LogP) is 5.22. The highest BCUT2D eigenvalue weighted by molar-refractivity contribution is 7.20. The van der Waals surface area contributed by atoms with Crippen LogP contribution in [0.2, 0.25) is 0 Å². The largest absolute Gasteiger partial charge is 0.366 e. The third-order valence-corrected chi connectivity index (χ3v) is 9.20. The zero-order valence-electron chi connectivity index (χ0n) is 22.9. The minimum Gasteiger partial charge on any atom is -0.366 e. The Balaban J connectivity index is 1.06. The number of aryl methyl sites for hydroxylation is 3. The van der Waals surface area contributed by atoms with Gasteiger partial charge in [-0.3, -0.25) is 14.7 Å². The summed E-state index contributed by atoms with van der Waals surface area (Å²) >= 11 is 1.83. The molecule has 0 fully saturated rings. The zero-order valence-corrected chi connectivity index (χ0v) is 23.7. The minimum atomic E-state index is -0.412. The number of aromatic nitrogens is 6. The highest BCUT2D eigenvalue weighted by Crippen LogP contribution is 2.48. The fourth-order valence-corrected chi connectivity index (χ4v) is 7.45. The average molecular weight is 578 g/mol. The van der Waals surface area contributed by atoms with Crippen molar-refractivity contribution in [2.24, 2.45) is 0 Å². The van der Waals surface area contributed by atoms with Crippen molar-refractivity contribution < 1.29 is 4.39 Å². The molecule has 0 spiro atoms. The second-order valence-corrected chi connectivity index (χ2v) is 11.9. The lowest BCUT2D eigenvalue weighted by molar-refractivity contribution is 0.504. The molecule has 2 atom stereocenters. The van der Waals surface area contributed by atoms with Crippen molar-refractivity contribution in [3.63, 3.8) is 0 Å². The van der Waals surface area contributed by atoms with Crippen LogP contribution < -0.4 is 16.0 Å². The Morgan fingerprint density at radius 3 is 3.05 bits per heavy atom. The fourth-order valence-electron chi connectivity index (χ4n) is 6.04. The molecule has 2 unspecified atom stereocenters. The van der Waals surface area contributed by atoms with Crippen molar-refractivity contribution in [1.82, 2.24) is 34.4 Å². The van der Waals surface area contributed by atoms with E-state index >= 15 is 0 Å². The number of fused-ring (bicyclic) bond motifs is 6. The summed E-state index contributed by atoms with van der Waals surface area (Å²) in [6.45, 7) is 4.26. The van der Waals surface area contributed by atoms with Crippen LogP contribution in [0.1, 0.15) is 35.5 Å². The van der Waals surface area contributed by atoms with Gasteiger partial charge in [-0.05, 0) is 67.3 Å². The van der Waals surface area contributed by atoms with Gasteiger partial charge in [0.05, 0.1) is 48.0 Å². The maximum Gasteiger partial charge on any atom is 0.173 e. The number of thiophene rings is 1. The SMILES string of the molecule is CC1Nc2sc3c(c2C(Nc2ccc4c(cnn4Cc4cc#cc(F)c4)c2)N1)CCc1nn(CCn2ccnc2)cc1-3. The molecule has 5 heterocycles. The van der Waals surface area contributed by atoms with Crippen molar-refractivity contribution in [2.45, 2.75) is 51.7 Å². The monoisotopic (exact) mass is 577 g/mol. The van der Waals surface area contributed by atoms with E-state index in [1.807, 2.05) is 34.7 Å². The zero-order chi connectivity index (χ0) is 28.2. The van der Waals surface area contributed by atoms with E-state index in [4.69, 9.17) is 5.10 Å². The number of nitrogens with zero attached hydrogens (tertiary/aromatic N) is 6. The molecule has 11 heteroatoms. The summed E-state index contributed by atoms with van der Waals surface area (Å²) in [6, 6.07) is 14.6. The van der Waals surface area contributed by atoms with Crippen molar-refractivity contribution in [3.05, 3.63) is 102 Å². The number of hydrogen-bond donors (Lipinski definition) is 3. The number of halogens is 1. The molecule has 210 valence electrons. The topological polar surface area (TPSA) is 89.6 Å². The quantitative estimate of drug-likeness (QED) is 0.241. The third kappa shape index (κ3) is 4.49. The van der Waals surface area contributed by atoms with Gasteiger partial charge in [-0.15, -0.1) is 11.3 Å². The first-order valence-corrected chi connectivity index (χ1v) is 14.9. The third-order valence-electron chi connectivity index (χ3n) is 7.99. The number of nitrogens with one attached hydrogen (secondary N) is 3. The van der Waals surface area contributed by atoms with Gasteiger partial charge in [0.25, 0.3) is 0 Å². The van der Waals surface area contributed by atoms with Gasteiger partial charge < -0.3 is 15.2 Å². The second-order valence-electron chi connectivity index (χ2n) is 10.9. The molecule has 2 aromatic carbocycles. The van der Waals surface area contributed by atoms with Crippen LogP contribution in [-0.4, -0.2) is 35.3 Å². The van der Waals surface area contributed by atoms with Gasteiger partial charge in [0.1, 0.15) is 6.17 Å². The first-order valence-electron chi connectivity index (χ1n) is 14.1.